The standard InChI is InChI=1S/C20H22ClN3O/c21-18-7-3-4-8-19(18)22-20(25)24-12-10-17(14-24)23-11-9-15-5-1-2-6-16(15)13-23/h1-8,17H,9-14H2,(H,22,25)/t17-/m0/s1. The summed E-state index contributed by atoms with van der Waals surface area (Å²) in [5.74, 6) is 0. The summed E-state index contributed by atoms with van der Waals surface area (Å²) in [6.07, 6.45) is 2.12. The molecule has 130 valence electrons. The second-order valence-electron chi connectivity index (χ2n) is 6.79. The summed E-state index contributed by atoms with van der Waals surface area (Å²) in [7, 11) is 0. The highest BCUT2D eigenvalue weighted by atomic mass is 35.5. The molecule has 0 saturated carbocycles. The molecule has 2 heterocycles. The first kappa shape index (κ1) is 16.4. The number of carbonyl (C=O) groups is 1. The summed E-state index contributed by atoms with van der Waals surface area (Å²) in [6.45, 7) is 3.63. The number of carbonyl (C=O) groups excluding carboxylic acids is 1. The first-order valence-electron chi connectivity index (χ1n) is 8.82. The molecule has 0 aliphatic carbocycles. The summed E-state index contributed by atoms with van der Waals surface area (Å²) < 4.78 is 0. The molecule has 1 saturated heterocycles. The van der Waals surface area contributed by atoms with Crippen LogP contribution in [0.3, 0.4) is 0 Å². The number of urea groups is 1. The fourth-order valence-electron chi connectivity index (χ4n) is 3.81. The Morgan fingerprint density at radius 2 is 1.80 bits per heavy atom. The minimum Gasteiger partial charge on any atom is -0.323 e. The number of hydrogen-bond acceptors (Lipinski definition) is 2. The van der Waals surface area contributed by atoms with Gasteiger partial charge in [-0.1, -0.05) is 48.0 Å². The van der Waals surface area contributed by atoms with Crippen molar-refractivity contribution in [2.45, 2.75) is 25.4 Å². The van der Waals surface area contributed by atoms with Gasteiger partial charge in [0.15, 0.2) is 0 Å². The van der Waals surface area contributed by atoms with E-state index in [4.69, 9.17) is 11.6 Å². The monoisotopic (exact) mass is 355 g/mol. The number of amides is 2. The van der Waals surface area contributed by atoms with Crippen LogP contribution in [0.4, 0.5) is 10.5 Å². The van der Waals surface area contributed by atoms with Crippen molar-refractivity contribution >= 4 is 23.3 Å². The van der Waals surface area contributed by atoms with E-state index >= 15 is 0 Å². The Morgan fingerprint density at radius 3 is 2.64 bits per heavy atom. The largest absolute Gasteiger partial charge is 0.323 e. The molecule has 25 heavy (non-hydrogen) atoms. The van der Waals surface area contributed by atoms with Crippen LogP contribution < -0.4 is 5.32 Å². The van der Waals surface area contributed by atoms with Crippen LogP contribution in [0.15, 0.2) is 48.5 Å². The van der Waals surface area contributed by atoms with E-state index in [0.717, 1.165) is 39.0 Å². The van der Waals surface area contributed by atoms with Gasteiger partial charge in [0.1, 0.15) is 0 Å². The summed E-state index contributed by atoms with van der Waals surface area (Å²) in [5.41, 5.74) is 3.56. The lowest BCUT2D eigenvalue weighted by atomic mass is 9.98. The second-order valence-corrected chi connectivity index (χ2v) is 7.19. The minimum atomic E-state index is -0.0620. The molecule has 4 nitrogen and oxygen atoms in total. The molecule has 2 aliphatic rings. The molecule has 1 N–H and O–H groups in total. The van der Waals surface area contributed by atoms with Gasteiger partial charge >= 0.3 is 6.03 Å². The zero-order chi connectivity index (χ0) is 17.2. The van der Waals surface area contributed by atoms with E-state index in [1.54, 1.807) is 6.07 Å². The van der Waals surface area contributed by atoms with E-state index in [-0.39, 0.29) is 6.03 Å². The zero-order valence-electron chi connectivity index (χ0n) is 14.1. The number of rotatable bonds is 2. The minimum absolute atomic E-state index is 0.0620. The average molecular weight is 356 g/mol. The lowest BCUT2D eigenvalue weighted by molar-refractivity contribution is 0.177. The molecule has 4 rings (SSSR count). The second kappa shape index (κ2) is 7.06. The molecule has 2 aromatic carbocycles. The van der Waals surface area contributed by atoms with Crippen molar-refractivity contribution in [2.75, 3.05) is 25.0 Å². The van der Waals surface area contributed by atoms with Gasteiger partial charge in [-0.05, 0) is 36.1 Å². The quantitative estimate of drug-likeness (QED) is 0.883. The third-order valence-electron chi connectivity index (χ3n) is 5.24. The number of anilines is 1. The van der Waals surface area contributed by atoms with Gasteiger partial charge in [0.25, 0.3) is 0 Å². The van der Waals surface area contributed by atoms with Crippen LogP contribution in [0.25, 0.3) is 0 Å². The Hall–Kier alpha value is -2.04. The third-order valence-corrected chi connectivity index (χ3v) is 5.57. The van der Waals surface area contributed by atoms with Crippen molar-refractivity contribution in [3.8, 4) is 0 Å². The Bertz CT molecular complexity index is 779. The predicted octanol–water partition coefficient (Wildman–Crippen LogP) is 4.00. The van der Waals surface area contributed by atoms with Crippen LogP contribution in [-0.2, 0) is 13.0 Å². The van der Waals surface area contributed by atoms with E-state index in [9.17, 15) is 4.79 Å². The maximum Gasteiger partial charge on any atom is 0.321 e. The highest BCUT2D eigenvalue weighted by Crippen LogP contribution is 2.26. The van der Waals surface area contributed by atoms with E-state index in [1.807, 2.05) is 23.1 Å². The molecule has 2 amide bonds. The summed E-state index contributed by atoms with van der Waals surface area (Å²) in [5, 5.41) is 3.50. The van der Waals surface area contributed by atoms with Crippen molar-refractivity contribution in [2.24, 2.45) is 0 Å². The van der Waals surface area contributed by atoms with Crippen LogP contribution in [0.1, 0.15) is 17.5 Å². The molecule has 5 heteroatoms. The number of para-hydroxylation sites is 1. The fourth-order valence-corrected chi connectivity index (χ4v) is 3.99. The number of hydrogen-bond donors (Lipinski definition) is 1. The number of fused-ring (bicyclic) bond motifs is 1. The SMILES string of the molecule is O=C(Nc1ccccc1Cl)N1CC[C@H](N2CCc3ccccc3C2)C1. The number of halogens is 1. The van der Waals surface area contributed by atoms with Gasteiger partial charge in [0.05, 0.1) is 10.7 Å². The third kappa shape index (κ3) is 3.51. The van der Waals surface area contributed by atoms with Gasteiger partial charge in [0.2, 0.25) is 0 Å². The first-order chi connectivity index (χ1) is 12.2. The Balaban J connectivity index is 1.37. The lowest BCUT2D eigenvalue weighted by Crippen LogP contribution is -2.42. The molecule has 0 aromatic heterocycles. The number of likely N-dealkylation sites (tertiary alicyclic amines) is 1. The van der Waals surface area contributed by atoms with Crippen molar-refractivity contribution in [3.05, 3.63) is 64.7 Å². The van der Waals surface area contributed by atoms with E-state index in [0.29, 0.717) is 16.8 Å². The molecule has 0 bridgehead atoms. The van der Waals surface area contributed by atoms with Gasteiger partial charge in [0, 0.05) is 32.2 Å². The van der Waals surface area contributed by atoms with Crippen molar-refractivity contribution in [1.29, 1.82) is 0 Å². The molecular formula is C20H22ClN3O. The van der Waals surface area contributed by atoms with E-state index < -0.39 is 0 Å². The maximum absolute atomic E-state index is 12.5. The zero-order valence-corrected chi connectivity index (χ0v) is 14.9. The Kier molecular flexibility index (Phi) is 4.64. The van der Waals surface area contributed by atoms with E-state index in [2.05, 4.69) is 34.5 Å². The van der Waals surface area contributed by atoms with Gasteiger partial charge in [-0.15, -0.1) is 0 Å². The molecular weight excluding hydrogens is 334 g/mol. The van der Waals surface area contributed by atoms with Crippen LogP contribution in [0, 0.1) is 0 Å². The van der Waals surface area contributed by atoms with Crippen LogP contribution in [0.5, 0.6) is 0 Å². The van der Waals surface area contributed by atoms with Crippen LogP contribution in [0.2, 0.25) is 5.02 Å². The predicted molar refractivity (Wildman–Crippen MR) is 101 cm³/mol. The number of nitrogens with one attached hydrogen (secondary N) is 1. The highest BCUT2D eigenvalue weighted by molar-refractivity contribution is 6.33. The van der Waals surface area contributed by atoms with E-state index in [1.165, 1.54) is 11.1 Å². The Morgan fingerprint density at radius 1 is 1.04 bits per heavy atom. The summed E-state index contributed by atoms with van der Waals surface area (Å²) in [4.78, 5) is 16.9. The fraction of sp³-hybridized carbons (Fsp3) is 0.350. The van der Waals surface area contributed by atoms with Crippen molar-refractivity contribution < 1.29 is 4.79 Å². The van der Waals surface area contributed by atoms with Gasteiger partial charge in [-0.2, -0.15) is 0 Å². The first-order valence-corrected chi connectivity index (χ1v) is 9.20. The average Bonchev–Trinajstić information content (AvgIpc) is 3.13. The maximum atomic E-state index is 12.5. The normalized spacial score (nSPS) is 20.4. The Labute approximate surface area is 153 Å². The molecule has 2 aliphatic heterocycles. The van der Waals surface area contributed by atoms with Gasteiger partial charge in [-0.25, -0.2) is 4.79 Å². The summed E-state index contributed by atoms with van der Waals surface area (Å²) in [6, 6.07) is 16.4. The van der Waals surface area contributed by atoms with Gasteiger partial charge < -0.3 is 10.2 Å². The molecule has 2 aromatic rings. The van der Waals surface area contributed by atoms with Crippen LogP contribution >= 0.6 is 11.6 Å². The highest BCUT2D eigenvalue weighted by Gasteiger charge is 2.32. The van der Waals surface area contributed by atoms with Crippen LogP contribution in [-0.4, -0.2) is 41.5 Å². The molecule has 1 atom stereocenters. The molecule has 0 radical (unpaired) electrons. The number of nitrogens with zero attached hydrogens (tertiary/aromatic N) is 2. The summed E-state index contributed by atoms with van der Waals surface area (Å²) >= 11 is 6.13. The van der Waals surface area contributed by atoms with Crippen molar-refractivity contribution in [3.63, 3.8) is 0 Å². The molecule has 1 fully saturated rings. The smallest absolute Gasteiger partial charge is 0.321 e. The van der Waals surface area contributed by atoms with Gasteiger partial charge in [-0.3, -0.25) is 4.90 Å². The molecule has 0 unspecified atom stereocenters. The molecule has 0 spiro atoms. The topological polar surface area (TPSA) is 35.6 Å². The van der Waals surface area contributed by atoms with Crippen molar-refractivity contribution in [1.82, 2.24) is 9.80 Å². The lowest BCUT2D eigenvalue weighted by Gasteiger charge is -2.33. The number of benzene rings is 2.